The summed E-state index contributed by atoms with van der Waals surface area (Å²) in [4.78, 5) is 14.8. The minimum Gasteiger partial charge on any atom is -0.334 e. The summed E-state index contributed by atoms with van der Waals surface area (Å²) in [6, 6.07) is 14.0. The van der Waals surface area contributed by atoms with Gasteiger partial charge in [0.15, 0.2) is 0 Å². The summed E-state index contributed by atoms with van der Waals surface area (Å²) in [5.74, 6) is 0.0886. The SMILES string of the molecule is CC1CC(c2cccc(F)c2)N(C(=O)Cn2nnc3ccccc32)C1. The zero-order chi connectivity index (χ0) is 17.4. The number of halogens is 1. The first-order valence-corrected chi connectivity index (χ1v) is 8.45. The second-order valence-electron chi connectivity index (χ2n) is 6.69. The zero-order valence-corrected chi connectivity index (χ0v) is 14.0. The molecule has 3 aromatic rings. The van der Waals surface area contributed by atoms with Crippen molar-refractivity contribution >= 4 is 16.9 Å². The van der Waals surface area contributed by atoms with Gasteiger partial charge < -0.3 is 4.90 Å². The maximum atomic E-state index is 13.6. The smallest absolute Gasteiger partial charge is 0.244 e. The van der Waals surface area contributed by atoms with Crippen LogP contribution >= 0.6 is 0 Å². The third-order valence-electron chi connectivity index (χ3n) is 4.77. The van der Waals surface area contributed by atoms with Crippen molar-refractivity contribution in [3.63, 3.8) is 0 Å². The van der Waals surface area contributed by atoms with Gasteiger partial charge >= 0.3 is 0 Å². The minimum absolute atomic E-state index is 0.0192. The summed E-state index contributed by atoms with van der Waals surface area (Å²) in [5, 5.41) is 8.19. The van der Waals surface area contributed by atoms with Crippen LogP contribution in [0, 0.1) is 11.7 Å². The second-order valence-corrected chi connectivity index (χ2v) is 6.69. The normalized spacial score (nSPS) is 20.3. The highest BCUT2D eigenvalue weighted by atomic mass is 19.1. The average molecular weight is 338 g/mol. The van der Waals surface area contributed by atoms with Gasteiger partial charge in [-0.1, -0.05) is 36.4 Å². The van der Waals surface area contributed by atoms with E-state index in [1.165, 1.54) is 12.1 Å². The van der Waals surface area contributed by atoms with Gasteiger partial charge in [-0.05, 0) is 42.2 Å². The Hall–Kier alpha value is -2.76. The summed E-state index contributed by atoms with van der Waals surface area (Å²) >= 11 is 0. The molecule has 2 aromatic carbocycles. The van der Waals surface area contributed by atoms with Crippen molar-refractivity contribution in [1.82, 2.24) is 19.9 Å². The number of benzene rings is 2. The monoisotopic (exact) mass is 338 g/mol. The van der Waals surface area contributed by atoms with Crippen LogP contribution in [-0.4, -0.2) is 32.3 Å². The molecule has 1 aromatic heterocycles. The Balaban J connectivity index is 1.59. The Morgan fingerprint density at radius 1 is 1.24 bits per heavy atom. The van der Waals surface area contributed by atoms with Gasteiger partial charge in [-0.2, -0.15) is 0 Å². The van der Waals surface area contributed by atoms with Gasteiger partial charge in [0.2, 0.25) is 5.91 Å². The van der Waals surface area contributed by atoms with Gasteiger partial charge in [-0.25, -0.2) is 9.07 Å². The summed E-state index contributed by atoms with van der Waals surface area (Å²) in [6.07, 6.45) is 0.841. The molecule has 1 fully saturated rings. The quantitative estimate of drug-likeness (QED) is 0.737. The predicted molar refractivity (Wildman–Crippen MR) is 92.2 cm³/mol. The maximum Gasteiger partial charge on any atom is 0.244 e. The van der Waals surface area contributed by atoms with Crippen molar-refractivity contribution in [2.75, 3.05) is 6.54 Å². The number of likely N-dealkylation sites (tertiary alicyclic amines) is 1. The molecule has 1 aliphatic heterocycles. The topological polar surface area (TPSA) is 51.0 Å². The van der Waals surface area contributed by atoms with Gasteiger partial charge in [0.1, 0.15) is 17.9 Å². The van der Waals surface area contributed by atoms with Crippen LogP contribution in [0.3, 0.4) is 0 Å². The van der Waals surface area contributed by atoms with Crippen molar-refractivity contribution < 1.29 is 9.18 Å². The lowest BCUT2D eigenvalue weighted by atomic mass is 10.0. The van der Waals surface area contributed by atoms with Crippen molar-refractivity contribution in [3.8, 4) is 0 Å². The molecule has 4 rings (SSSR count). The Kier molecular flexibility index (Phi) is 3.95. The Morgan fingerprint density at radius 2 is 2.08 bits per heavy atom. The van der Waals surface area contributed by atoms with Crippen molar-refractivity contribution in [2.24, 2.45) is 5.92 Å². The highest BCUT2D eigenvalue weighted by Gasteiger charge is 2.34. The van der Waals surface area contributed by atoms with Gasteiger partial charge in [-0.3, -0.25) is 4.79 Å². The van der Waals surface area contributed by atoms with Crippen molar-refractivity contribution in [2.45, 2.75) is 25.9 Å². The number of hydrogen-bond donors (Lipinski definition) is 0. The molecule has 128 valence electrons. The second kappa shape index (κ2) is 6.27. The molecule has 1 amide bonds. The summed E-state index contributed by atoms with van der Waals surface area (Å²) in [7, 11) is 0. The molecule has 0 spiro atoms. The van der Waals surface area contributed by atoms with Crippen LogP contribution in [0.5, 0.6) is 0 Å². The maximum absolute atomic E-state index is 13.6. The van der Waals surface area contributed by atoms with Crippen LogP contribution in [-0.2, 0) is 11.3 Å². The Bertz CT molecular complexity index is 922. The summed E-state index contributed by atoms with van der Waals surface area (Å²) in [5.41, 5.74) is 2.46. The molecule has 0 N–H and O–H groups in total. The lowest BCUT2D eigenvalue weighted by molar-refractivity contribution is -0.133. The molecule has 25 heavy (non-hydrogen) atoms. The largest absolute Gasteiger partial charge is 0.334 e. The molecule has 0 radical (unpaired) electrons. The molecular formula is C19H19FN4O. The van der Waals surface area contributed by atoms with E-state index in [4.69, 9.17) is 0 Å². The number of rotatable bonds is 3. The molecule has 0 aliphatic carbocycles. The number of fused-ring (bicyclic) bond motifs is 1. The third-order valence-corrected chi connectivity index (χ3v) is 4.77. The van der Waals surface area contributed by atoms with Gasteiger partial charge in [0, 0.05) is 6.54 Å². The molecule has 0 saturated carbocycles. The molecule has 0 bridgehead atoms. The molecule has 1 saturated heterocycles. The molecule has 2 atom stereocenters. The van der Waals surface area contributed by atoms with E-state index in [2.05, 4.69) is 17.2 Å². The number of nitrogens with zero attached hydrogens (tertiary/aromatic N) is 4. The first-order valence-electron chi connectivity index (χ1n) is 8.45. The van der Waals surface area contributed by atoms with Crippen molar-refractivity contribution in [3.05, 3.63) is 59.9 Å². The van der Waals surface area contributed by atoms with E-state index in [1.54, 1.807) is 10.7 Å². The van der Waals surface area contributed by atoms with Crippen LogP contribution in [0.2, 0.25) is 0 Å². The fraction of sp³-hybridized carbons (Fsp3) is 0.316. The fourth-order valence-corrected chi connectivity index (χ4v) is 3.60. The van der Waals surface area contributed by atoms with Crippen LogP contribution in [0.25, 0.3) is 11.0 Å². The zero-order valence-electron chi connectivity index (χ0n) is 14.0. The van der Waals surface area contributed by atoms with E-state index >= 15 is 0 Å². The molecule has 6 heteroatoms. The van der Waals surface area contributed by atoms with Crippen LogP contribution in [0.15, 0.2) is 48.5 Å². The van der Waals surface area contributed by atoms with Crippen LogP contribution < -0.4 is 0 Å². The standard InChI is InChI=1S/C19H19FN4O/c1-13-9-18(14-5-4-6-15(20)10-14)23(11-13)19(25)12-24-17-8-3-2-7-16(17)21-22-24/h2-8,10,13,18H,9,11-12H2,1H3. The van der Waals surface area contributed by atoms with E-state index < -0.39 is 0 Å². The van der Waals surface area contributed by atoms with Crippen LogP contribution in [0.1, 0.15) is 24.9 Å². The predicted octanol–water partition coefficient (Wildman–Crippen LogP) is 3.18. The molecular weight excluding hydrogens is 319 g/mol. The van der Waals surface area contributed by atoms with E-state index in [0.717, 1.165) is 23.0 Å². The van der Waals surface area contributed by atoms with E-state index in [0.29, 0.717) is 12.5 Å². The fourth-order valence-electron chi connectivity index (χ4n) is 3.60. The number of aromatic nitrogens is 3. The summed E-state index contributed by atoms with van der Waals surface area (Å²) in [6.45, 7) is 2.93. The number of hydrogen-bond acceptors (Lipinski definition) is 3. The average Bonchev–Trinajstić information content (AvgIpc) is 3.19. The third kappa shape index (κ3) is 2.99. The molecule has 1 aliphatic rings. The molecule has 2 heterocycles. The molecule has 5 nitrogen and oxygen atoms in total. The first-order chi connectivity index (χ1) is 12.1. The Labute approximate surface area is 145 Å². The van der Waals surface area contributed by atoms with E-state index in [1.807, 2.05) is 35.2 Å². The van der Waals surface area contributed by atoms with Gasteiger partial charge in [0.05, 0.1) is 11.6 Å². The van der Waals surface area contributed by atoms with Gasteiger partial charge in [-0.15, -0.1) is 5.10 Å². The Morgan fingerprint density at radius 3 is 2.92 bits per heavy atom. The van der Waals surface area contributed by atoms with E-state index in [-0.39, 0.29) is 24.3 Å². The van der Waals surface area contributed by atoms with Gasteiger partial charge in [0.25, 0.3) is 0 Å². The number of carbonyl (C=O) groups is 1. The van der Waals surface area contributed by atoms with Crippen molar-refractivity contribution in [1.29, 1.82) is 0 Å². The number of amides is 1. The van der Waals surface area contributed by atoms with Crippen LogP contribution in [0.4, 0.5) is 4.39 Å². The number of para-hydroxylation sites is 1. The lowest BCUT2D eigenvalue weighted by Crippen LogP contribution is -2.34. The molecule has 2 unspecified atom stereocenters. The van der Waals surface area contributed by atoms with E-state index in [9.17, 15) is 9.18 Å². The minimum atomic E-state index is -0.272. The first kappa shape index (κ1) is 15.7. The number of carbonyl (C=O) groups excluding carboxylic acids is 1. The lowest BCUT2D eigenvalue weighted by Gasteiger charge is -2.25. The summed E-state index contributed by atoms with van der Waals surface area (Å²) < 4.78 is 15.2. The highest BCUT2D eigenvalue weighted by Crippen LogP contribution is 2.35. The highest BCUT2D eigenvalue weighted by molar-refractivity contribution is 5.80.